The number of oxazole rings is 1. The first-order valence-electron chi connectivity index (χ1n) is 8.17. The van der Waals surface area contributed by atoms with E-state index < -0.39 is 0 Å². The molecule has 2 aromatic heterocycles. The van der Waals surface area contributed by atoms with Gasteiger partial charge in [0.25, 0.3) is 5.91 Å². The van der Waals surface area contributed by atoms with Crippen molar-refractivity contribution in [3.63, 3.8) is 0 Å². The minimum Gasteiger partial charge on any atom is -0.485 e. The molecule has 3 heterocycles. The first-order chi connectivity index (χ1) is 12.4. The van der Waals surface area contributed by atoms with E-state index in [2.05, 4.69) is 10.1 Å². The Bertz CT molecular complexity index is 994. The molecule has 0 aliphatic carbocycles. The predicted molar refractivity (Wildman–Crippen MR) is 96.7 cm³/mol. The summed E-state index contributed by atoms with van der Waals surface area (Å²) in [5, 5.41) is 4.58. The lowest BCUT2D eigenvalue weighted by Gasteiger charge is -2.33. The lowest BCUT2D eigenvalue weighted by Crippen LogP contribution is -2.42. The highest BCUT2D eigenvalue weighted by Gasteiger charge is 2.32. The van der Waals surface area contributed by atoms with Gasteiger partial charge < -0.3 is 9.15 Å². The maximum absolute atomic E-state index is 13.2. The summed E-state index contributed by atoms with van der Waals surface area (Å²) in [6.45, 7) is 4.02. The Balaban J connectivity index is 1.73. The fourth-order valence-electron chi connectivity index (χ4n) is 2.99. The van der Waals surface area contributed by atoms with Gasteiger partial charge in [0.1, 0.15) is 11.9 Å². The molecule has 7 nitrogen and oxygen atoms in total. The van der Waals surface area contributed by atoms with Crippen molar-refractivity contribution < 1.29 is 13.9 Å². The molecule has 0 saturated carbocycles. The van der Waals surface area contributed by atoms with E-state index in [1.54, 1.807) is 48.1 Å². The molecule has 0 fully saturated rings. The number of rotatable bonds is 2. The standard InChI is InChI=1S/C18H17ClN4O3/c1-10-8-23(14-6-4-5-13(19)16(14)25-10)18(24)15-11(2)26-17(21-15)12-7-20-22(3)9-12/h4-7,9-10H,8H2,1-3H3. The van der Waals surface area contributed by atoms with E-state index in [1.165, 1.54) is 0 Å². The highest BCUT2D eigenvalue weighted by Crippen LogP contribution is 2.40. The summed E-state index contributed by atoms with van der Waals surface area (Å²) in [6.07, 6.45) is 3.24. The number of hydrogen-bond acceptors (Lipinski definition) is 5. The third-order valence-electron chi connectivity index (χ3n) is 4.19. The van der Waals surface area contributed by atoms with Gasteiger partial charge >= 0.3 is 0 Å². The van der Waals surface area contributed by atoms with Gasteiger partial charge in [-0.05, 0) is 26.0 Å². The molecule has 0 radical (unpaired) electrons. The summed E-state index contributed by atoms with van der Waals surface area (Å²) in [5.74, 6) is 1.08. The Morgan fingerprint density at radius 2 is 2.19 bits per heavy atom. The molecule has 0 spiro atoms. The monoisotopic (exact) mass is 372 g/mol. The summed E-state index contributed by atoms with van der Waals surface area (Å²) in [6, 6.07) is 5.34. The maximum atomic E-state index is 13.2. The van der Waals surface area contributed by atoms with Crippen molar-refractivity contribution in [1.29, 1.82) is 0 Å². The van der Waals surface area contributed by atoms with Crippen LogP contribution in [0, 0.1) is 6.92 Å². The van der Waals surface area contributed by atoms with E-state index in [-0.39, 0.29) is 17.7 Å². The Labute approximate surface area is 155 Å². The average molecular weight is 373 g/mol. The van der Waals surface area contributed by atoms with Gasteiger partial charge in [0.15, 0.2) is 11.4 Å². The molecular weight excluding hydrogens is 356 g/mol. The fourth-order valence-corrected chi connectivity index (χ4v) is 3.20. The first kappa shape index (κ1) is 16.7. The van der Waals surface area contributed by atoms with E-state index in [4.69, 9.17) is 20.8 Å². The molecule has 0 saturated heterocycles. The van der Waals surface area contributed by atoms with Crippen LogP contribution in [0.1, 0.15) is 23.2 Å². The third-order valence-corrected chi connectivity index (χ3v) is 4.49. The summed E-state index contributed by atoms with van der Waals surface area (Å²) >= 11 is 6.23. The highest BCUT2D eigenvalue weighted by atomic mass is 35.5. The van der Waals surface area contributed by atoms with Crippen molar-refractivity contribution in [2.24, 2.45) is 7.05 Å². The average Bonchev–Trinajstić information content (AvgIpc) is 3.20. The molecule has 3 aromatic rings. The summed E-state index contributed by atoms with van der Waals surface area (Å²) in [7, 11) is 1.81. The second-order valence-corrected chi connectivity index (χ2v) is 6.67. The number of carbonyl (C=O) groups excluding carboxylic acids is 1. The number of carbonyl (C=O) groups is 1. The van der Waals surface area contributed by atoms with Crippen molar-refractivity contribution in [1.82, 2.24) is 14.8 Å². The van der Waals surface area contributed by atoms with Gasteiger partial charge in [-0.1, -0.05) is 17.7 Å². The van der Waals surface area contributed by atoms with Crippen LogP contribution in [0.5, 0.6) is 5.75 Å². The molecule has 1 atom stereocenters. The normalized spacial score (nSPS) is 16.3. The number of halogens is 1. The number of aryl methyl sites for hydroxylation is 2. The third kappa shape index (κ3) is 2.74. The Kier molecular flexibility index (Phi) is 3.96. The number of nitrogens with zero attached hydrogens (tertiary/aromatic N) is 4. The smallest absolute Gasteiger partial charge is 0.280 e. The molecule has 8 heteroatoms. The number of para-hydroxylation sites is 1. The van der Waals surface area contributed by atoms with E-state index >= 15 is 0 Å². The number of anilines is 1. The zero-order valence-electron chi connectivity index (χ0n) is 14.6. The molecular formula is C18H17ClN4O3. The summed E-state index contributed by atoms with van der Waals surface area (Å²) in [5.41, 5.74) is 1.61. The van der Waals surface area contributed by atoms with Crippen LogP contribution in [0.15, 0.2) is 35.0 Å². The van der Waals surface area contributed by atoms with Gasteiger partial charge in [-0.15, -0.1) is 0 Å². The van der Waals surface area contributed by atoms with Crippen LogP contribution in [-0.2, 0) is 7.05 Å². The van der Waals surface area contributed by atoms with Gasteiger partial charge in [-0.25, -0.2) is 4.98 Å². The second kappa shape index (κ2) is 6.17. The zero-order chi connectivity index (χ0) is 18.4. The Morgan fingerprint density at radius 1 is 1.38 bits per heavy atom. The van der Waals surface area contributed by atoms with Gasteiger partial charge in [-0.3, -0.25) is 14.4 Å². The number of ether oxygens (including phenoxy) is 1. The maximum Gasteiger partial charge on any atom is 0.280 e. The van der Waals surface area contributed by atoms with Gasteiger partial charge in [0.2, 0.25) is 5.89 Å². The number of hydrogen-bond donors (Lipinski definition) is 0. The van der Waals surface area contributed by atoms with Crippen LogP contribution < -0.4 is 9.64 Å². The number of fused-ring (bicyclic) bond motifs is 1. The molecule has 26 heavy (non-hydrogen) atoms. The number of benzene rings is 1. The molecule has 1 aliphatic heterocycles. The van der Waals surface area contributed by atoms with Gasteiger partial charge in [0.05, 0.1) is 29.0 Å². The molecule has 0 N–H and O–H groups in total. The van der Waals surface area contributed by atoms with Gasteiger partial charge in [0, 0.05) is 13.2 Å². The predicted octanol–water partition coefficient (Wildman–Crippen LogP) is 3.46. The van der Waals surface area contributed by atoms with Crippen LogP contribution in [-0.4, -0.2) is 33.3 Å². The van der Waals surface area contributed by atoms with Crippen LogP contribution in [0.2, 0.25) is 5.02 Å². The van der Waals surface area contributed by atoms with Crippen molar-refractivity contribution in [3.05, 3.63) is 47.1 Å². The van der Waals surface area contributed by atoms with Crippen LogP contribution in [0.3, 0.4) is 0 Å². The SMILES string of the molecule is Cc1oc(-c2cnn(C)c2)nc1C(=O)N1CC(C)Oc2c(Cl)cccc21. The van der Waals surface area contributed by atoms with Crippen molar-refractivity contribution >= 4 is 23.2 Å². The largest absolute Gasteiger partial charge is 0.485 e. The highest BCUT2D eigenvalue weighted by molar-refractivity contribution is 6.32. The summed E-state index contributed by atoms with van der Waals surface area (Å²) in [4.78, 5) is 19.2. The van der Waals surface area contributed by atoms with Crippen LogP contribution in [0.4, 0.5) is 5.69 Å². The van der Waals surface area contributed by atoms with Crippen molar-refractivity contribution in [2.75, 3.05) is 11.4 Å². The quantitative estimate of drug-likeness (QED) is 0.688. The minimum atomic E-state index is -0.250. The topological polar surface area (TPSA) is 73.4 Å². The van der Waals surface area contributed by atoms with E-state index in [0.29, 0.717) is 40.2 Å². The molecule has 1 unspecified atom stereocenters. The Hall–Kier alpha value is -2.80. The van der Waals surface area contributed by atoms with E-state index in [9.17, 15) is 4.79 Å². The van der Waals surface area contributed by atoms with Crippen LogP contribution in [0.25, 0.3) is 11.5 Å². The molecule has 1 aliphatic rings. The molecule has 1 amide bonds. The Morgan fingerprint density at radius 3 is 2.92 bits per heavy atom. The molecule has 1 aromatic carbocycles. The zero-order valence-corrected chi connectivity index (χ0v) is 15.3. The van der Waals surface area contributed by atoms with E-state index in [0.717, 1.165) is 0 Å². The van der Waals surface area contributed by atoms with Crippen molar-refractivity contribution in [3.8, 4) is 17.2 Å². The number of amides is 1. The van der Waals surface area contributed by atoms with E-state index in [1.807, 2.05) is 13.0 Å². The second-order valence-electron chi connectivity index (χ2n) is 6.26. The van der Waals surface area contributed by atoms with Crippen LogP contribution >= 0.6 is 11.6 Å². The van der Waals surface area contributed by atoms with Crippen molar-refractivity contribution in [2.45, 2.75) is 20.0 Å². The molecule has 134 valence electrons. The molecule has 0 bridgehead atoms. The first-order valence-corrected chi connectivity index (χ1v) is 8.55. The van der Waals surface area contributed by atoms with Gasteiger partial charge in [-0.2, -0.15) is 5.10 Å². The lowest BCUT2D eigenvalue weighted by molar-refractivity contribution is 0.0955. The number of aromatic nitrogens is 3. The lowest BCUT2D eigenvalue weighted by atomic mass is 10.1. The molecule has 4 rings (SSSR count). The fraction of sp³-hybridized carbons (Fsp3) is 0.278. The summed E-state index contributed by atoms with van der Waals surface area (Å²) < 4.78 is 13.2. The minimum absolute atomic E-state index is 0.184.